The van der Waals surface area contributed by atoms with E-state index < -0.39 is 5.97 Å². The topological polar surface area (TPSA) is 53.4 Å². The van der Waals surface area contributed by atoms with Gasteiger partial charge < -0.3 is 10.0 Å². The molecule has 0 bridgehead atoms. The average molecular weight is 228 g/mol. The molecule has 0 amide bonds. The SMILES string of the molecule is Cc1nc(N(C)C)sc1C(C)CC(=O)O. The second kappa shape index (κ2) is 4.61. The van der Waals surface area contributed by atoms with Crippen LogP contribution >= 0.6 is 11.3 Å². The van der Waals surface area contributed by atoms with Crippen LogP contribution in [0.1, 0.15) is 29.8 Å². The van der Waals surface area contributed by atoms with Crippen LogP contribution in [0.4, 0.5) is 5.13 Å². The first kappa shape index (κ1) is 12.0. The van der Waals surface area contributed by atoms with Crippen molar-refractivity contribution in [2.24, 2.45) is 0 Å². The first-order valence-corrected chi connectivity index (χ1v) is 5.60. The Labute approximate surface area is 93.6 Å². The van der Waals surface area contributed by atoms with Crippen molar-refractivity contribution >= 4 is 22.4 Å². The van der Waals surface area contributed by atoms with E-state index in [0.29, 0.717) is 0 Å². The number of nitrogens with zero attached hydrogens (tertiary/aromatic N) is 2. The van der Waals surface area contributed by atoms with Crippen LogP contribution in [-0.4, -0.2) is 30.2 Å². The summed E-state index contributed by atoms with van der Waals surface area (Å²) in [5.74, 6) is -0.726. The maximum Gasteiger partial charge on any atom is 0.303 e. The Balaban J connectivity index is 2.89. The Morgan fingerprint density at radius 1 is 1.60 bits per heavy atom. The first-order chi connectivity index (χ1) is 6.91. The lowest BCUT2D eigenvalue weighted by Crippen LogP contribution is -2.07. The highest BCUT2D eigenvalue weighted by molar-refractivity contribution is 7.15. The van der Waals surface area contributed by atoms with Crippen molar-refractivity contribution in [3.8, 4) is 0 Å². The normalized spacial score (nSPS) is 12.5. The molecule has 1 aromatic rings. The molecule has 0 spiro atoms. The lowest BCUT2D eigenvalue weighted by molar-refractivity contribution is -0.137. The standard InChI is InChI=1S/C10H16N2O2S/c1-6(5-8(13)14)9-7(2)11-10(15-9)12(3)4/h6H,5H2,1-4H3,(H,13,14). The molecule has 5 heteroatoms. The Hall–Kier alpha value is -1.10. The second-order valence-corrected chi connectivity index (χ2v) is 4.85. The predicted molar refractivity (Wildman–Crippen MR) is 61.8 cm³/mol. The maximum absolute atomic E-state index is 10.6. The molecule has 15 heavy (non-hydrogen) atoms. The van der Waals surface area contributed by atoms with Crippen molar-refractivity contribution in [3.63, 3.8) is 0 Å². The Bertz CT molecular complexity index is 360. The molecule has 0 radical (unpaired) electrons. The maximum atomic E-state index is 10.6. The number of thiazole rings is 1. The number of carboxylic acids is 1. The number of aliphatic carboxylic acids is 1. The van der Waals surface area contributed by atoms with Gasteiger partial charge in [0.1, 0.15) is 0 Å². The van der Waals surface area contributed by atoms with E-state index in [2.05, 4.69) is 4.98 Å². The van der Waals surface area contributed by atoms with E-state index in [0.717, 1.165) is 15.7 Å². The summed E-state index contributed by atoms with van der Waals surface area (Å²) in [6.07, 6.45) is 0.163. The van der Waals surface area contributed by atoms with Gasteiger partial charge in [-0.15, -0.1) is 11.3 Å². The van der Waals surface area contributed by atoms with E-state index in [9.17, 15) is 4.79 Å². The van der Waals surface area contributed by atoms with Gasteiger partial charge in [0.25, 0.3) is 0 Å². The van der Waals surface area contributed by atoms with E-state index in [1.54, 1.807) is 11.3 Å². The fourth-order valence-corrected chi connectivity index (χ4v) is 2.44. The van der Waals surface area contributed by atoms with Crippen LogP contribution in [0.5, 0.6) is 0 Å². The summed E-state index contributed by atoms with van der Waals surface area (Å²) >= 11 is 1.57. The lowest BCUT2D eigenvalue weighted by Gasteiger charge is -2.07. The average Bonchev–Trinajstić information content (AvgIpc) is 2.46. The van der Waals surface area contributed by atoms with E-state index in [-0.39, 0.29) is 12.3 Å². The highest BCUT2D eigenvalue weighted by Gasteiger charge is 2.17. The van der Waals surface area contributed by atoms with Gasteiger partial charge in [0.05, 0.1) is 12.1 Å². The minimum atomic E-state index is -0.762. The zero-order valence-corrected chi connectivity index (χ0v) is 10.3. The monoisotopic (exact) mass is 228 g/mol. The van der Waals surface area contributed by atoms with Gasteiger partial charge in [-0.2, -0.15) is 0 Å². The van der Waals surface area contributed by atoms with E-state index in [1.165, 1.54) is 0 Å². The van der Waals surface area contributed by atoms with Crippen molar-refractivity contribution < 1.29 is 9.90 Å². The van der Waals surface area contributed by atoms with Gasteiger partial charge in [-0.3, -0.25) is 4.79 Å². The Morgan fingerprint density at radius 3 is 2.60 bits per heavy atom. The molecule has 0 aliphatic rings. The van der Waals surface area contributed by atoms with Crippen LogP contribution in [0.2, 0.25) is 0 Å². The summed E-state index contributed by atoms with van der Waals surface area (Å²) in [6.45, 7) is 3.85. The third kappa shape index (κ3) is 2.92. The Kier molecular flexibility index (Phi) is 3.68. The summed E-state index contributed by atoms with van der Waals surface area (Å²) in [5.41, 5.74) is 0.942. The third-order valence-corrected chi connectivity index (χ3v) is 3.69. The molecule has 1 heterocycles. The van der Waals surface area contributed by atoms with E-state index >= 15 is 0 Å². The number of carboxylic acid groups (broad SMARTS) is 1. The quantitative estimate of drug-likeness (QED) is 0.857. The zero-order chi connectivity index (χ0) is 11.6. The highest BCUT2D eigenvalue weighted by atomic mass is 32.1. The summed E-state index contributed by atoms with van der Waals surface area (Å²) in [4.78, 5) is 18.0. The number of aromatic nitrogens is 1. The molecule has 1 N–H and O–H groups in total. The largest absolute Gasteiger partial charge is 0.481 e. The summed E-state index contributed by atoms with van der Waals surface area (Å²) in [6, 6.07) is 0. The number of rotatable bonds is 4. The molecule has 0 aliphatic heterocycles. The third-order valence-electron chi connectivity index (χ3n) is 2.13. The smallest absolute Gasteiger partial charge is 0.303 e. The van der Waals surface area contributed by atoms with Gasteiger partial charge >= 0.3 is 5.97 Å². The van der Waals surface area contributed by atoms with Gasteiger partial charge in [-0.05, 0) is 6.92 Å². The van der Waals surface area contributed by atoms with E-state index in [4.69, 9.17) is 5.11 Å². The van der Waals surface area contributed by atoms with Crippen molar-refractivity contribution in [3.05, 3.63) is 10.6 Å². The summed E-state index contributed by atoms with van der Waals surface area (Å²) < 4.78 is 0. The summed E-state index contributed by atoms with van der Waals surface area (Å²) in [5, 5.41) is 9.66. The van der Waals surface area contributed by atoms with Crippen molar-refractivity contribution in [2.45, 2.75) is 26.2 Å². The number of hydrogen-bond acceptors (Lipinski definition) is 4. The van der Waals surface area contributed by atoms with Crippen LogP contribution < -0.4 is 4.90 Å². The Morgan fingerprint density at radius 2 is 2.20 bits per heavy atom. The zero-order valence-electron chi connectivity index (χ0n) is 9.44. The minimum absolute atomic E-state index is 0.0358. The lowest BCUT2D eigenvalue weighted by atomic mass is 10.1. The van der Waals surface area contributed by atoms with Crippen LogP contribution in [0.25, 0.3) is 0 Å². The van der Waals surface area contributed by atoms with Crippen LogP contribution in [0.3, 0.4) is 0 Å². The molecule has 1 rings (SSSR count). The van der Waals surface area contributed by atoms with Crippen molar-refractivity contribution in [1.29, 1.82) is 0 Å². The molecule has 4 nitrogen and oxygen atoms in total. The number of carbonyl (C=O) groups is 1. The second-order valence-electron chi connectivity index (χ2n) is 3.84. The first-order valence-electron chi connectivity index (χ1n) is 4.78. The van der Waals surface area contributed by atoms with Crippen molar-refractivity contribution in [2.75, 3.05) is 19.0 Å². The molecule has 0 aromatic carbocycles. The molecule has 0 saturated heterocycles. The van der Waals surface area contributed by atoms with Gasteiger partial charge in [0.15, 0.2) is 5.13 Å². The molecule has 1 atom stereocenters. The molecule has 0 saturated carbocycles. The van der Waals surface area contributed by atoms with Gasteiger partial charge in [-0.1, -0.05) is 6.92 Å². The molecule has 1 aromatic heterocycles. The van der Waals surface area contributed by atoms with Gasteiger partial charge in [0, 0.05) is 24.9 Å². The van der Waals surface area contributed by atoms with Crippen LogP contribution in [0, 0.1) is 6.92 Å². The van der Waals surface area contributed by atoms with Crippen LogP contribution in [-0.2, 0) is 4.79 Å². The molecule has 0 fully saturated rings. The van der Waals surface area contributed by atoms with Gasteiger partial charge in [-0.25, -0.2) is 4.98 Å². The number of aryl methyl sites for hydroxylation is 1. The fourth-order valence-electron chi connectivity index (χ4n) is 1.40. The van der Waals surface area contributed by atoms with E-state index in [1.807, 2.05) is 32.8 Å². The predicted octanol–water partition coefficient (Wildman–Crippen LogP) is 2.10. The molecular weight excluding hydrogens is 212 g/mol. The molecule has 1 unspecified atom stereocenters. The minimum Gasteiger partial charge on any atom is -0.481 e. The fraction of sp³-hybridized carbons (Fsp3) is 0.600. The number of anilines is 1. The highest BCUT2D eigenvalue weighted by Crippen LogP contribution is 2.32. The molecule has 84 valence electrons. The van der Waals surface area contributed by atoms with Crippen molar-refractivity contribution in [1.82, 2.24) is 4.98 Å². The molecular formula is C10H16N2O2S. The number of hydrogen-bond donors (Lipinski definition) is 1. The van der Waals surface area contributed by atoms with Crippen LogP contribution in [0.15, 0.2) is 0 Å². The summed E-state index contributed by atoms with van der Waals surface area (Å²) in [7, 11) is 3.87. The molecule has 0 aliphatic carbocycles. The van der Waals surface area contributed by atoms with Gasteiger partial charge in [0.2, 0.25) is 0 Å².